The van der Waals surface area contributed by atoms with Crippen LogP contribution >= 0.6 is 0 Å². The molecule has 5 aliphatic rings. The van der Waals surface area contributed by atoms with E-state index in [1.165, 1.54) is 6.26 Å². The SMILES string of the molecule is CC12CC(c3ccoc3)OC(=O)C1=CCC1(C)C2CC2COC(=O)C21OC1OC(CO)C(O)C(O)C1O. The summed E-state index contributed by atoms with van der Waals surface area (Å²) in [5, 5.41) is 40.9. The number of ether oxygens (including phenoxy) is 4. The number of furan rings is 1. The minimum absolute atomic E-state index is 0.101. The maximum Gasteiger partial charge on any atom is 0.339 e. The van der Waals surface area contributed by atoms with Crippen molar-refractivity contribution in [3.05, 3.63) is 35.8 Å². The highest BCUT2D eigenvalue weighted by Crippen LogP contribution is 2.70. The van der Waals surface area contributed by atoms with Crippen LogP contribution in [0.4, 0.5) is 0 Å². The molecule has 11 unspecified atom stereocenters. The number of hydrogen-bond donors (Lipinski definition) is 4. The van der Waals surface area contributed by atoms with Crippen molar-refractivity contribution < 1.29 is 53.4 Å². The van der Waals surface area contributed by atoms with Crippen LogP contribution < -0.4 is 0 Å². The molecule has 4 N–H and O–H groups in total. The summed E-state index contributed by atoms with van der Waals surface area (Å²) in [7, 11) is 0. The van der Waals surface area contributed by atoms with Gasteiger partial charge in [0.15, 0.2) is 11.9 Å². The topological polar surface area (TPSA) is 165 Å². The Morgan fingerprint density at radius 1 is 1.14 bits per heavy atom. The van der Waals surface area contributed by atoms with Gasteiger partial charge in [-0.15, -0.1) is 0 Å². The second kappa shape index (κ2) is 8.36. The monoisotopic (exact) mass is 520 g/mol. The summed E-state index contributed by atoms with van der Waals surface area (Å²) in [6.07, 6.45) is -1.82. The third-order valence-corrected chi connectivity index (χ3v) is 9.69. The highest BCUT2D eigenvalue weighted by molar-refractivity contribution is 5.92. The average Bonchev–Trinajstić information content (AvgIpc) is 3.56. The Morgan fingerprint density at radius 3 is 2.62 bits per heavy atom. The summed E-state index contributed by atoms with van der Waals surface area (Å²) >= 11 is 0. The van der Waals surface area contributed by atoms with Crippen LogP contribution in [0, 0.1) is 22.7 Å². The van der Waals surface area contributed by atoms with Crippen LogP contribution in [0.5, 0.6) is 0 Å². The second-order valence-corrected chi connectivity index (χ2v) is 11.4. The zero-order valence-electron chi connectivity index (χ0n) is 20.6. The highest BCUT2D eigenvalue weighted by Gasteiger charge is 2.76. The lowest BCUT2D eigenvalue weighted by Gasteiger charge is -2.55. The fourth-order valence-electron chi connectivity index (χ4n) is 7.76. The van der Waals surface area contributed by atoms with Crippen molar-refractivity contribution in [3.63, 3.8) is 0 Å². The largest absolute Gasteiger partial charge is 0.472 e. The molecule has 1 aromatic heterocycles. The van der Waals surface area contributed by atoms with E-state index >= 15 is 0 Å². The summed E-state index contributed by atoms with van der Waals surface area (Å²) in [4.78, 5) is 26.7. The van der Waals surface area contributed by atoms with Gasteiger partial charge in [-0.05, 0) is 31.2 Å². The maximum absolute atomic E-state index is 13.5. The number of rotatable bonds is 4. The first kappa shape index (κ1) is 25.0. The Labute approximate surface area is 212 Å². The van der Waals surface area contributed by atoms with Gasteiger partial charge in [0.2, 0.25) is 0 Å². The first-order valence-corrected chi connectivity index (χ1v) is 12.7. The number of carbonyl (C=O) groups is 2. The second-order valence-electron chi connectivity index (χ2n) is 11.4. The molecule has 0 amide bonds. The van der Waals surface area contributed by atoms with E-state index in [0.717, 1.165) is 5.56 Å². The van der Waals surface area contributed by atoms with Crippen molar-refractivity contribution >= 4 is 11.9 Å². The minimum atomic E-state index is -1.66. The molecule has 3 aliphatic heterocycles. The van der Waals surface area contributed by atoms with E-state index in [9.17, 15) is 30.0 Å². The average molecular weight is 521 g/mol. The maximum atomic E-state index is 13.5. The van der Waals surface area contributed by atoms with Gasteiger partial charge < -0.3 is 43.8 Å². The van der Waals surface area contributed by atoms with Gasteiger partial charge in [0.05, 0.1) is 25.7 Å². The highest BCUT2D eigenvalue weighted by atomic mass is 16.7. The molecular weight excluding hydrogens is 488 g/mol. The lowest BCUT2D eigenvalue weighted by molar-refractivity contribution is -0.336. The van der Waals surface area contributed by atoms with Gasteiger partial charge in [0.1, 0.15) is 30.5 Å². The lowest BCUT2D eigenvalue weighted by Crippen LogP contribution is -2.65. The Balaban J connectivity index is 1.39. The molecule has 0 spiro atoms. The molecule has 1 aromatic rings. The van der Waals surface area contributed by atoms with E-state index in [-0.39, 0.29) is 12.5 Å². The Kier molecular flexibility index (Phi) is 5.65. The molecule has 2 aliphatic carbocycles. The number of hydrogen-bond acceptors (Lipinski definition) is 11. The lowest BCUT2D eigenvalue weighted by atomic mass is 9.52. The van der Waals surface area contributed by atoms with Crippen LogP contribution in [0.25, 0.3) is 0 Å². The fourth-order valence-corrected chi connectivity index (χ4v) is 7.76. The molecule has 0 bridgehead atoms. The molecule has 4 fully saturated rings. The van der Waals surface area contributed by atoms with E-state index < -0.39 is 77.7 Å². The third-order valence-electron chi connectivity index (χ3n) is 9.69. The molecule has 11 nitrogen and oxygen atoms in total. The molecule has 4 heterocycles. The Morgan fingerprint density at radius 2 is 1.92 bits per heavy atom. The zero-order chi connectivity index (χ0) is 26.3. The number of carbonyl (C=O) groups excluding carboxylic acids is 2. The predicted molar refractivity (Wildman–Crippen MR) is 121 cm³/mol. The van der Waals surface area contributed by atoms with E-state index in [4.69, 9.17) is 23.4 Å². The molecule has 0 aromatic carbocycles. The minimum Gasteiger partial charge on any atom is -0.472 e. The predicted octanol–water partition coefficient (Wildman–Crippen LogP) is 0.358. The molecule has 1 saturated carbocycles. The zero-order valence-corrected chi connectivity index (χ0v) is 20.6. The van der Waals surface area contributed by atoms with Gasteiger partial charge in [0, 0.05) is 27.9 Å². The number of allylic oxidation sites excluding steroid dienone is 1. The molecular formula is C26H32O11. The smallest absolute Gasteiger partial charge is 0.339 e. The van der Waals surface area contributed by atoms with Gasteiger partial charge in [-0.2, -0.15) is 0 Å². The Hall–Kier alpha value is -2.28. The van der Waals surface area contributed by atoms with E-state index in [1.54, 1.807) is 12.3 Å². The standard InChI is InChI=1S/C26H32O11/c1-24-8-15(12-4-6-33-10-12)35-21(31)14(24)3-5-25(2)17(24)7-13-11-34-23(32)26(13,25)37-22-20(30)19(29)18(28)16(9-27)36-22/h3-4,6,10,13,15-20,22,27-30H,5,7-9,11H2,1-2H3. The fraction of sp³-hybridized carbons (Fsp3) is 0.692. The van der Waals surface area contributed by atoms with Gasteiger partial charge in [-0.3, -0.25) is 0 Å². The van der Waals surface area contributed by atoms with Crippen molar-refractivity contribution in [2.24, 2.45) is 22.7 Å². The van der Waals surface area contributed by atoms with E-state index in [0.29, 0.717) is 24.8 Å². The number of aliphatic hydroxyl groups excluding tert-OH is 4. The van der Waals surface area contributed by atoms with E-state index in [1.807, 2.05) is 19.9 Å². The van der Waals surface area contributed by atoms with Crippen molar-refractivity contribution in [3.8, 4) is 0 Å². The van der Waals surface area contributed by atoms with Gasteiger partial charge >= 0.3 is 11.9 Å². The summed E-state index contributed by atoms with van der Waals surface area (Å²) < 4.78 is 28.5. The molecule has 11 atom stereocenters. The van der Waals surface area contributed by atoms with Crippen molar-refractivity contribution in [1.29, 1.82) is 0 Å². The van der Waals surface area contributed by atoms with Crippen molar-refractivity contribution in [2.75, 3.05) is 13.2 Å². The van der Waals surface area contributed by atoms with Crippen LogP contribution in [0.1, 0.15) is 44.8 Å². The van der Waals surface area contributed by atoms with E-state index in [2.05, 4.69) is 0 Å². The van der Waals surface area contributed by atoms with Crippen molar-refractivity contribution in [2.45, 2.75) is 75.5 Å². The summed E-state index contributed by atoms with van der Waals surface area (Å²) in [5.74, 6) is -1.59. The molecule has 6 rings (SSSR count). The quantitative estimate of drug-likeness (QED) is 0.405. The van der Waals surface area contributed by atoms with Gasteiger partial charge in [-0.1, -0.05) is 19.9 Å². The van der Waals surface area contributed by atoms with Crippen LogP contribution in [0.3, 0.4) is 0 Å². The normalized spacial score (nSPS) is 49.0. The molecule has 202 valence electrons. The molecule has 37 heavy (non-hydrogen) atoms. The molecule has 0 radical (unpaired) electrons. The van der Waals surface area contributed by atoms with Gasteiger partial charge in [0.25, 0.3) is 0 Å². The first-order valence-electron chi connectivity index (χ1n) is 12.7. The number of fused-ring (bicyclic) bond motifs is 5. The number of esters is 2. The first-order chi connectivity index (χ1) is 17.6. The molecule has 11 heteroatoms. The van der Waals surface area contributed by atoms with Crippen LogP contribution in [-0.2, 0) is 28.5 Å². The number of aliphatic hydroxyl groups is 4. The van der Waals surface area contributed by atoms with Crippen LogP contribution in [0.15, 0.2) is 34.7 Å². The van der Waals surface area contributed by atoms with Gasteiger partial charge in [-0.25, -0.2) is 9.59 Å². The summed E-state index contributed by atoms with van der Waals surface area (Å²) in [6.45, 7) is 3.43. The summed E-state index contributed by atoms with van der Waals surface area (Å²) in [6, 6.07) is 1.77. The van der Waals surface area contributed by atoms with Crippen LogP contribution in [0.2, 0.25) is 0 Å². The third kappa shape index (κ3) is 3.22. The van der Waals surface area contributed by atoms with Crippen LogP contribution in [-0.4, -0.2) is 81.9 Å². The Bertz CT molecular complexity index is 1110. The van der Waals surface area contributed by atoms with Crippen molar-refractivity contribution in [1.82, 2.24) is 0 Å². The number of cyclic esters (lactones) is 2. The summed E-state index contributed by atoms with van der Waals surface area (Å²) in [5.41, 5.74) is -1.72. The molecule has 3 saturated heterocycles.